The Morgan fingerprint density at radius 2 is 0.885 bits per heavy atom. The molecule has 0 saturated carbocycles. The fourth-order valence-electron chi connectivity index (χ4n) is 12.2. The first-order valence-electron chi connectivity index (χ1n) is 22.0. The van der Waals surface area contributed by atoms with E-state index >= 15 is 0 Å². The maximum absolute atomic E-state index is 2.54. The first kappa shape index (κ1) is 34.6. The highest BCUT2D eigenvalue weighted by Gasteiger charge is 2.59. The van der Waals surface area contributed by atoms with Crippen molar-refractivity contribution in [1.29, 1.82) is 0 Å². The SMILES string of the molecule is CCCCc1cccc2c1-c1ccccc1C21c2ccccc2C2(c3ccccc3-c3c(-n4c5ccccc5c5cc(-c6ccccc6)ccc54)cccc32)c2ccccc21. The molecule has 9 aromatic carbocycles. The van der Waals surface area contributed by atoms with Crippen molar-refractivity contribution in [3.05, 3.63) is 256 Å². The summed E-state index contributed by atoms with van der Waals surface area (Å²) in [6.45, 7) is 2.30. The van der Waals surface area contributed by atoms with Crippen LogP contribution in [0.2, 0.25) is 0 Å². The van der Waals surface area contributed by atoms with E-state index in [1.165, 1.54) is 124 Å². The minimum Gasteiger partial charge on any atom is -0.309 e. The third-order valence-corrected chi connectivity index (χ3v) is 14.5. The molecule has 0 atom stereocenters. The zero-order chi connectivity index (χ0) is 40.3. The Labute approximate surface area is 357 Å². The van der Waals surface area contributed by atoms with E-state index in [0.29, 0.717) is 0 Å². The molecule has 3 aliphatic rings. The van der Waals surface area contributed by atoms with Crippen LogP contribution in [0.15, 0.2) is 206 Å². The molecule has 13 rings (SSSR count). The zero-order valence-electron chi connectivity index (χ0n) is 34.2. The number of benzene rings is 9. The van der Waals surface area contributed by atoms with Gasteiger partial charge in [0, 0.05) is 16.3 Å². The fraction of sp³-hybridized carbons (Fsp3) is 0.100. The number of aryl methyl sites for hydroxylation is 1. The molecule has 1 nitrogen and oxygen atoms in total. The Hall–Kier alpha value is -7.22. The average Bonchev–Trinajstić information content (AvgIpc) is 3.93. The Balaban J connectivity index is 1.13. The Bertz CT molecular complexity index is 3370. The van der Waals surface area contributed by atoms with Crippen LogP contribution in [0.1, 0.15) is 69.8 Å². The van der Waals surface area contributed by atoms with Crippen LogP contribution in [-0.4, -0.2) is 4.57 Å². The van der Waals surface area contributed by atoms with Crippen LogP contribution >= 0.6 is 0 Å². The second-order valence-electron chi connectivity index (χ2n) is 17.3. The fourth-order valence-corrected chi connectivity index (χ4v) is 12.2. The second-order valence-corrected chi connectivity index (χ2v) is 17.3. The van der Waals surface area contributed by atoms with E-state index in [1.54, 1.807) is 0 Å². The first-order valence-corrected chi connectivity index (χ1v) is 22.0. The van der Waals surface area contributed by atoms with Crippen LogP contribution in [-0.2, 0) is 17.3 Å². The number of unbranched alkanes of at least 4 members (excludes halogenated alkanes) is 1. The van der Waals surface area contributed by atoms with Crippen LogP contribution in [0.4, 0.5) is 0 Å². The number of hydrogen-bond donors (Lipinski definition) is 0. The molecule has 2 spiro atoms. The molecule has 1 heterocycles. The molecule has 0 bridgehead atoms. The molecule has 61 heavy (non-hydrogen) atoms. The highest BCUT2D eigenvalue weighted by Crippen LogP contribution is 2.68. The lowest BCUT2D eigenvalue weighted by molar-refractivity contribution is 0.632. The van der Waals surface area contributed by atoms with Gasteiger partial charge in [0.05, 0.1) is 27.6 Å². The van der Waals surface area contributed by atoms with Gasteiger partial charge in [0.25, 0.3) is 0 Å². The minimum atomic E-state index is -0.545. The summed E-state index contributed by atoms with van der Waals surface area (Å²) in [6.07, 6.45) is 3.43. The molecule has 1 aromatic heterocycles. The monoisotopic (exact) mass is 777 g/mol. The predicted molar refractivity (Wildman–Crippen MR) is 253 cm³/mol. The van der Waals surface area contributed by atoms with E-state index in [-0.39, 0.29) is 0 Å². The average molecular weight is 778 g/mol. The first-order chi connectivity index (χ1) is 30.3. The van der Waals surface area contributed by atoms with Crippen molar-refractivity contribution in [2.45, 2.75) is 37.0 Å². The Morgan fingerprint density at radius 1 is 0.377 bits per heavy atom. The Kier molecular flexibility index (Phi) is 7.32. The standard InChI is InChI=1S/C60H43N/c1-2-3-19-40-22-17-32-52-57(40)43-24-7-10-26-46(43)59(52)48-28-12-14-30-50(48)60(51-31-15-13-29-49(51)59)47-27-11-8-25-44(47)58-53(60)33-18-35-56(58)61-54-34-16-9-23-42(54)45-38-41(36-37-55(45)61)39-20-5-4-6-21-39/h4-18,20-38H,2-3,19H2,1H3. The Morgan fingerprint density at radius 3 is 1.54 bits per heavy atom. The highest BCUT2D eigenvalue weighted by molar-refractivity contribution is 6.11. The van der Waals surface area contributed by atoms with Gasteiger partial charge in [-0.2, -0.15) is 0 Å². The van der Waals surface area contributed by atoms with Crippen LogP contribution in [0.3, 0.4) is 0 Å². The summed E-state index contributed by atoms with van der Waals surface area (Å²) < 4.78 is 2.54. The summed E-state index contributed by atoms with van der Waals surface area (Å²) in [4.78, 5) is 0. The van der Waals surface area contributed by atoms with Crippen LogP contribution in [0, 0.1) is 0 Å². The molecule has 0 radical (unpaired) electrons. The summed E-state index contributed by atoms with van der Waals surface area (Å²) in [5.74, 6) is 0. The van der Waals surface area contributed by atoms with E-state index in [0.717, 1.165) is 6.42 Å². The summed E-state index contributed by atoms with van der Waals surface area (Å²) in [5, 5.41) is 2.53. The topological polar surface area (TPSA) is 4.93 Å². The minimum absolute atomic E-state index is 0.467. The van der Waals surface area contributed by atoms with Crippen molar-refractivity contribution >= 4 is 21.8 Å². The largest absolute Gasteiger partial charge is 0.309 e. The smallest absolute Gasteiger partial charge is 0.0720 e. The van der Waals surface area contributed by atoms with Gasteiger partial charge in [0.15, 0.2) is 0 Å². The normalized spacial score (nSPS) is 17.6. The van der Waals surface area contributed by atoms with E-state index in [4.69, 9.17) is 0 Å². The number of hydrogen-bond acceptors (Lipinski definition) is 0. The molecule has 0 amide bonds. The van der Waals surface area contributed by atoms with Crippen molar-refractivity contribution in [2.24, 2.45) is 0 Å². The molecule has 0 aliphatic heterocycles. The van der Waals surface area contributed by atoms with E-state index < -0.39 is 10.8 Å². The summed E-state index contributed by atoms with van der Waals surface area (Å²) in [6, 6.07) is 78.5. The molecule has 1 heteroatoms. The van der Waals surface area contributed by atoms with Gasteiger partial charge in [0.1, 0.15) is 0 Å². The second kappa shape index (κ2) is 12.9. The van der Waals surface area contributed by atoms with E-state index in [9.17, 15) is 0 Å². The predicted octanol–water partition coefficient (Wildman–Crippen LogP) is 14.8. The molecule has 0 N–H and O–H groups in total. The zero-order valence-corrected chi connectivity index (χ0v) is 34.2. The lowest BCUT2D eigenvalue weighted by Crippen LogP contribution is -2.43. The number of nitrogens with zero attached hydrogens (tertiary/aromatic N) is 1. The van der Waals surface area contributed by atoms with Crippen molar-refractivity contribution in [3.63, 3.8) is 0 Å². The van der Waals surface area contributed by atoms with Gasteiger partial charge in [-0.05, 0) is 115 Å². The highest BCUT2D eigenvalue weighted by atomic mass is 15.0. The molecular formula is C60H43N. The van der Waals surface area contributed by atoms with E-state index in [1.807, 2.05) is 0 Å². The van der Waals surface area contributed by atoms with Gasteiger partial charge in [0.2, 0.25) is 0 Å². The van der Waals surface area contributed by atoms with Gasteiger partial charge < -0.3 is 4.57 Å². The van der Waals surface area contributed by atoms with Crippen LogP contribution < -0.4 is 0 Å². The van der Waals surface area contributed by atoms with Gasteiger partial charge >= 0.3 is 0 Å². The van der Waals surface area contributed by atoms with Gasteiger partial charge in [-0.25, -0.2) is 0 Å². The summed E-state index contributed by atoms with van der Waals surface area (Å²) >= 11 is 0. The lowest BCUT2D eigenvalue weighted by atomic mass is 9.52. The number of fused-ring (bicyclic) bond motifs is 19. The van der Waals surface area contributed by atoms with Crippen LogP contribution in [0.25, 0.3) is 60.9 Å². The molecular weight excluding hydrogens is 735 g/mol. The molecule has 0 saturated heterocycles. The summed E-state index contributed by atoms with van der Waals surface area (Å²) in [7, 11) is 0. The van der Waals surface area contributed by atoms with Gasteiger partial charge in [-0.3, -0.25) is 0 Å². The van der Waals surface area contributed by atoms with Crippen LogP contribution in [0.5, 0.6) is 0 Å². The maximum Gasteiger partial charge on any atom is 0.0720 e. The van der Waals surface area contributed by atoms with Gasteiger partial charge in [-0.1, -0.05) is 195 Å². The van der Waals surface area contributed by atoms with Crippen molar-refractivity contribution in [3.8, 4) is 39.1 Å². The third-order valence-electron chi connectivity index (χ3n) is 14.5. The van der Waals surface area contributed by atoms with Gasteiger partial charge in [-0.15, -0.1) is 0 Å². The molecule has 0 fully saturated rings. The molecule has 10 aromatic rings. The number of aromatic nitrogens is 1. The quantitative estimate of drug-likeness (QED) is 0.164. The molecule has 0 unspecified atom stereocenters. The molecule has 3 aliphatic carbocycles. The number of para-hydroxylation sites is 1. The van der Waals surface area contributed by atoms with Crippen molar-refractivity contribution in [1.82, 2.24) is 4.57 Å². The molecule has 288 valence electrons. The number of rotatable bonds is 5. The lowest BCUT2D eigenvalue weighted by Gasteiger charge is -2.48. The van der Waals surface area contributed by atoms with E-state index in [2.05, 4.69) is 218 Å². The van der Waals surface area contributed by atoms with Crippen molar-refractivity contribution in [2.75, 3.05) is 0 Å². The third kappa shape index (κ3) is 4.36. The maximum atomic E-state index is 2.54. The summed E-state index contributed by atoms with van der Waals surface area (Å²) in [5.41, 5.74) is 23.0. The van der Waals surface area contributed by atoms with Crippen molar-refractivity contribution < 1.29 is 0 Å².